The van der Waals surface area contributed by atoms with Gasteiger partial charge < -0.3 is 10.5 Å². The standard InChI is InChI=1S/C14H15FN2O3S/c1-9-5-10(15)7-11(6-9)17-21(18,19)12-3-4-13(16)14(8-12)20-2/h3-8,17H,16H2,1-2H3. The summed E-state index contributed by atoms with van der Waals surface area (Å²) < 4.78 is 45.2. The smallest absolute Gasteiger partial charge is 0.262 e. The fraction of sp³-hybridized carbons (Fsp3) is 0.143. The maximum Gasteiger partial charge on any atom is 0.262 e. The van der Waals surface area contributed by atoms with Gasteiger partial charge in [0.2, 0.25) is 0 Å². The zero-order valence-corrected chi connectivity index (χ0v) is 12.4. The van der Waals surface area contributed by atoms with Crippen LogP contribution >= 0.6 is 0 Å². The second-order valence-electron chi connectivity index (χ2n) is 4.53. The molecule has 112 valence electrons. The van der Waals surface area contributed by atoms with Crippen LogP contribution < -0.4 is 15.2 Å². The molecule has 0 aliphatic heterocycles. The molecule has 0 fully saturated rings. The first-order valence-corrected chi connectivity index (χ1v) is 7.53. The Morgan fingerprint density at radius 2 is 1.90 bits per heavy atom. The summed E-state index contributed by atoms with van der Waals surface area (Å²) in [5.74, 6) is -0.254. The van der Waals surface area contributed by atoms with Crippen molar-refractivity contribution in [2.45, 2.75) is 11.8 Å². The number of aryl methyl sites for hydroxylation is 1. The molecule has 2 aromatic rings. The lowest BCUT2D eigenvalue weighted by atomic mass is 10.2. The average molecular weight is 310 g/mol. The summed E-state index contributed by atoms with van der Waals surface area (Å²) >= 11 is 0. The van der Waals surface area contributed by atoms with Crippen LogP contribution in [0.3, 0.4) is 0 Å². The third-order valence-electron chi connectivity index (χ3n) is 2.81. The molecule has 0 saturated heterocycles. The number of hydrogen-bond donors (Lipinski definition) is 2. The van der Waals surface area contributed by atoms with Crippen molar-refractivity contribution in [1.82, 2.24) is 0 Å². The number of hydrogen-bond acceptors (Lipinski definition) is 4. The molecule has 0 aromatic heterocycles. The van der Waals surface area contributed by atoms with Gasteiger partial charge in [0.05, 0.1) is 23.4 Å². The van der Waals surface area contributed by atoms with E-state index in [1.807, 2.05) is 0 Å². The van der Waals surface area contributed by atoms with Gasteiger partial charge in [0.15, 0.2) is 0 Å². The lowest BCUT2D eigenvalue weighted by molar-refractivity contribution is 0.415. The number of sulfonamides is 1. The van der Waals surface area contributed by atoms with Crippen molar-refractivity contribution >= 4 is 21.4 Å². The highest BCUT2D eigenvalue weighted by molar-refractivity contribution is 7.92. The van der Waals surface area contributed by atoms with E-state index >= 15 is 0 Å². The van der Waals surface area contributed by atoms with Gasteiger partial charge in [-0.15, -0.1) is 0 Å². The van der Waals surface area contributed by atoms with Crippen LogP contribution in [0.2, 0.25) is 0 Å². The molecule has 0 aliphatic rings. The molecule has 0 spiro atoms. The average Bonchev–Trinajstić information content (AvgIpc) is 2.37. The van der Waals surface area contributed by atoms with Crippen LogP contribution in [0.15, 0.2) is 41.3 Å². The van der Waals surface area contributed by atoms with E-state index in [4.69, 9.17) is 10.5 Å². The molecular formula is C14H15FN2O3S. The minimum absolute atomic E-state index is 0.0181. The number of benzene rings is 2. The molecule has 0 radical (unpaired) electrons. The quantitative estimate of drug-likeness (QED) is 0.850. The fourth-order valence-corrected chi connectivity index (χ4v) is 2.92. The lowest BCUT2D eigenvalue weighted by Crippen LogP contribution is -2.13. The number of rotatable bonds is 4. The van der Waals surface area contributed by atoms with Crippen molar-refractivity contribution in [2.75, 3.05) is 17.6 Å². The van der Waals surface area contributed by atoms with Crippen LogP contribution in [0.5, 0.6) is 5.75 Å². The maximum absolute atomic E-state index is 13.3. The molecule has 2 rings (SSSR count). The summed E-state index contributed by atoms with van der Waals surface area (Å²) in [5.41, 5.74) is 6.75. The predicted octanol–water partition coefficient (Wildman–Crippen LogP) is 2.53. The number of nitrogen functional groups attached to an aromatic ring is 1. The summed E-state index contributed by atoms with van der Waals surface area (Å²) in [5, 5.41) is 0. The summed E-state index contributed by atoms with van der Waals surface area (Å²) in [6.45, 7) is 1.67. The summed E-state index contributed by atoms with van der Waals surface area (Å²) in [6.07, 6.45) is 0. The topological polar surface area (TPSA) is 81.4 Å². The van der Waals surface area contributed by atoms with Crippen LogP contribution in [0.25, 0.3) is 0 Å². The molecule has 3 N–H and O–H groups in total. The van der Waals surface area contributed by atoms with Gasteiger partial charge in [0, 0.05) is 6.07 Å². The number of nitrogens with two attached hydrogens (primary N) is 1. The molecule has 2 aromatic carbocycles. The Bertz CT molecular complexity index is 756. The van der Waals surface area contributed by atoms with Crippen molar-refractivity contribution in [3.05, 3.63) is 47.8 Å². The van der Waals surface area contributed by atoms with Crippen LogP contribution in [-0.4, -0.2) is 15.5 Å². The Labute approximate surface area is 122 Å². The van der Waals surface area contributed by atoms with Crippen LogP contribution in [-0.2, 0) is 10.0 Å². The Hall–Kier alpha value is -2.28. The van der Waals surface area contributed by atoms with Crippen LogP contribution in [0.1, 0.15) is 5.56 Å². The van der Waals surface area contributed by atoms with E-state index in [0.29, 0.717) is 11.3 Å². The van der Waals surface area contributed by atoms with E-state index in [0.717, 1.165) is 6.07 Å². The highest BCUT2D eigenvalue weighted by atomic mass is 32.2. The molecule has 0 aliphatic carbocycles. The largest absolute Gasteiger partial charge is 0.495 e. The van der Waals surface area contributed by atoms with E-state index in [9.17, 15) is 12.8 Å². The van der Waals surface area contributed by atoms with E-state index < -0.39 is 15.8 Å². The van der Waals surface area contributed by atoms with E-state index in [-0.39, 0.29) is 16.3 Å². The summed E-state index contributed by atoms with van der Waals surface area (Å²) in [4.78, 5) is -0.0181. The monoisotopic (exact) mass is 310 g/mol. The number of halogens is 1. The second-order valence-corrected chi connectivity index (χ2v) is 6.21. The number of ether oxygens (including phenoxy) is 1. The number of anilines is 2. The Balaban J connectivity index is 2.38. The third kappa shape index (κ3) is 3.43. The predicted molar refractivity (Wildman–Crippen MR) is 79.4 cm³/mol. The molecule has 5 nitrogen and oxygen atoms in total. The van der Waals surface area contributed by atoms with Gasteiger partial charge in [-0.1, -0.05) is 0 Å². The molecule has 0 unspecified atom stereocenters. The SMILES string of the molecule is COc1cc(S(=O)(=O)Nc2cc(C)cc(F)c2)ccc1N. The third-order valence-corrected chi connectivity index (χ3v) is 4.19. The first-order valence-electron chi connectivity index (χ1n) is 6.05. The molecule has 0 atom stereocenters. The highest BCUT2D eigenvalue weighted by Gasteiger charge is 2.16. The van der Waals surface area contributed by atoms with E-state index in [1.54, 1.807) is 6.92 Å². The minimum Gasteiger partial charge on any atom is -0.495 e. The Kier molecular flexibility index (Phi) is 4.04. The van der Waals surface area contributed by atoms with Gasteiger partial charge in [0.1, 0.15) is 11.6 Å². The van der Waals surface area contributed by atoms with Crippen molar-refractivity contribution in [2.24, 2.45) is 0 Å². The zero-order valence-electron chi connectivity index (χ0n) is 11.6. The molecule has 0 bridgehead atoms. The van der Waals surface area contributed by atoms with Gasteiger partial charge >= 0.3 is 0 Å². The number of methoxy groups -OCH3 is 1. The van der Waals surface area contributed by atoms with Crippen molar-refractivity contribution in [3.63, 3.8) is 0 Å². The zero-order chi connectivity index (χ0) is 15.6. The molecule has 7 heteroatoms. The summed E-state index contributed by atoms with van der Waals surface area (Å²) in [6, 6.07) is 8.05. The molecule has 0 heterocycles. The van der Waals surface area contributed by atoms with Gasteiger partial charge in [-0.05, 0) is 42.8 Å². The van der Waals surface area contributed by atoms with Crippen LogP contribution in [0.4, 0.5) is 15.8 Å². The van der Waals surface area contributed by atoms with Crippen LogP contribution in [0, 0.1) is 12.7 Å². The van der Waals surface area contributed by atoms with Gasteiger partial charge in [-0.25, -0.2) is 12.8 Å². The van der Waals surface area contributed by atoms with Crippen molar-refractivity contribution in [3.8, 4) is 5.75 Å². The van der Waals surface area contributed by atoms with Crippen molar-refractivity contribution in [1.29, 1.82) is 0 Å². The molecule has 0 saturated carbocycles. The first-order chi connectivity index (χ1) is 9.81. The van der Waals surface area contributed by atoms with E-state index in [2.05, 4.69) is 4.72 Å². The normalized spacial score (nSPS) is 11.2. The van der Waals surface area contributed by atoms with Gasteiger partial charge in [0.25, 0.3) is 10.0 Å². The van der Waals surface area contributed by atoms with E-state index in [1.165, 1.54) is 37.4 Å². The molecular weight excluding hydrogens is 295 g/mol. The van der Waals surface area contributed by atoms with Crippen molar-refractivity contribution < 1.29 is 17.5 Å². The Morgan fingerprint density at radius 1 is 1.19 bits per heavy atom. The molecule has 0 amide bonds. The lowest BCUT2D eigenvalue weighted by Gasteiger charge is -2.11. The maximum atomic E-state index is 13.3. The fourth-order valence-electron chi connectivity index (χ4n) is 1.87. The highest BCUT2D eigenvalue weighted by Crippen LogP contribution is 2.26. The van der Waals surface area contributed by atoms with Gasteiger partial charge in [-0.2, -0.15) is 0 Å². The second kappa shape index (κ2) is 5.61. The minimum atomic E-state index is -3.85. The first kappa shape index (κ1) is 15.1. The molecule has 21 heavy (non-hydrogen) atoms. The van der Waals surface area contributed by atoms with Gasteiger partial charge in [-0.3, -0.25) is 4.72 Å². The number of nitrogens with one attached hydrogen (secondary N) is 1. The Morgan fingerprint density at radius 3 is 2.52 bits per heavy atom. The summed E-state index contributed by atoms with van der Waals surface area (Å²) in [7, 11) is -2.45.